The lowest BCUT2D eigenvalue weighted by molar-refractivity contribution is 0.267. The third-order valence-corrected chi connectivity index (χ3v) is 2.80. The van der Waals surface area contributed by atoms with Crippen LogP contribution in [0.2, 0.25) is 0 Å². The fourth-order valence-corrected chi connectivity index (χ4v) is 1.77. The van der Waals surface area contributed by atoms with Crippen molar-refractivity contribution in [3.8, 4) is 0 Å². The second-order valence-corrected chi connectivity index (χ2v) is 4.45. The van der Waals surface area contributed by atoms with Crippen LogP contribution in [0.1, 0.15) is 20.3 Å². The largest absolute Gasteiger partial charge is 0.396 e. The van der Waals surface area contributed by atoms with Gasteiger partial charge in [-0.05, 0) is 24.5 Å². The quantitative estimate of drug-likeness (QED) is 0.824. The van der Waals surface area contributed by atoms with Gasteiger partial charge in [-0.3, -0.25) is 0 Å². The van der Waals surface area contributed by atoms with Crippen molar-refractivity contribution >= 4 is 11.6 Å². The van der Waals surface area contributed by atoms with E-state index >= 15 is 0 Å². The van der Waals surface area contributed by atoms with Crippen LogP contribution in [0.5, 0.6) is 0 Å². The first-order valence-corrected chi connectivity index (χ1v) is 5.89. The molecule has 2 aromatic rings. The highest BCUT2D eigenvalue weighted by Crippen LogP contribution is 2.12. The molecule has 0 bridgehead atoms. The third-order valence-electron chi connectivity index (χ3n) is 2.80. The van der Waals surface area contributed by atoms with Crippen LogP contribution in [-0.2, 0) is 0 Å². The zero-order valence-corrected chi connectivity index (χ0v) is 10.2. The SMILES string of the molecule is CC(C)C(CCO)Nc1nc2ccccn2n1. The standard InChI is InChI=1S/C12H18N4O/c1-9(2)10(6-8-17)13-12-14-11-5-3-4-7-16(11)15-12/h3-5,7,9-10,17H,6,8H2,1-2H3,(H,13,15). The van der Waals surface area contributed by atoms with E-state index in [2.05, 4.69) is 29.2 Å². The minimum absolute atomic E-state index is 0.170. The first-order valence-electron chi connectivity index (χ1n) is 5.89. The number of hydrogen-bond acceptors (Lipinski definition) is 4. The van der Waals surface area contributed by atoms with Crippen LogP contribution in [0.4, 0.5) is 5.95 Å². The fourth-order valence-electron chi connectivity index (χ4n) is 1.77. The summed E-state index contributed by atoms with van der Waals surface area (Å²) in [7, 11) is 0. The minimum Gasteiger partial charge on any atom is -0.396 e. The van der Waals surface area contributed by atoms with Gasteiger partial charge in [0.2, 0.25) is 5.95 Å². The third kappa shape index (κ3) is 2.74. The van der Waals surface area contributed by atoms with E-state index < -0.39 is 0 Å². The lowest BCUT2D eigenvalue weighted by atomic mass is 10.0. The van der Waals surface area contributed by atoms with Crippen LogP contribution in [0.15, 0.2) is 24.4 Å². The van der Waals surface area contributed by atoms with E-state index in [9.17, 15) is 0 Å². The molecule has 1 unspecified atom stereocenters. The molecule has 5 nitrogen and oxygen atoms in total. The van der Waals surface area contributed by atoms with Gasteiger partial charge in [0.05, 0.1) is 0 Å². The first-order chi connectivity index (χ1) is 8.20. The van der Waals surface area contributed by atoms with Gasteiger partial charge in [-0.25, -0.2) is 4.52 Å². The van der Waals surface area contributed by atoms with Crippen molar-refractivity contribution in [1.29, 1.82) is 0 Å². The predicted molar refractivity (Wildman–Crippen MR) is 66.9 cm³/mol. The summed E-state index contributed by atoms with van der Waals surface area (Å²) in [6.45, 7) is 4.40. The molecule has 0 saturated carbocycles. The highest BCUT2D eigenvalue weighted by molar-refractivity contribution is 5.43. The lowest BCUT2D eigenvalue weighted by Gasteiger charge is -2.20. The van der Waals surface area contributed by atoms with E-state index in [1.165, 1.54) is 0 Å². The highest BCUT2D eigenvalue weighted by atomic mass is 16.3. The lowest BCUT2D eigenvalue weighted by Crippen LogP contribution is -2.27. The number of anilines is 1. The predicted octanol–water partition coefficient (Wildman–Crippen LogP) is 1.55. The number of fused-ring (bicyclic) bond motifs is 1. The molecule has 0 amide bonds. The average Bonchev–Trinajstić information content (AvgIpc) is 2.70. The maximum Gasteiger partial charge on any atom is 0.243 e. The Morgan fingerprint density at radius 2 is 2.24 bits per heavy atom. The number of aliphatic hydroxyl groups is 1. The van der Waals surface area contributed by atoms with Gasteiger partial charge < -0.3 is 10.4 Å². The Balaban J connectivity index is 2.16. The molecule has 2 rings (SSSR count). The summed E-state index contributed by atoms with van der Waals surface area (Å²) in [4.78, 5) is 4.38. The average molecular weight is 234 g/mol. The molecule has 0 aliphatic carbocycles. The number of aliphatic hydroxyl groups excluding tert-OH is 1. The molecule has 0 radical (unpaired) electrons. The van der Waals surface area contributed by atoms with Gasteiger partial charge in [-0.1, -0.05) is 19.9 Å². The normalized spacial score (nSPS) is 13.2. The van der Waals surface area contributed by atoms with Gasteiger partial charge in [0.1, 0.15) is 0 Å². The van der Waals surface area contributed by atoms with E-state index in [0.29, 0.717) is 18.3 Å². The van der Waals surface area contributed by atoms with Crippen LogP contribution >= 0.6 is 0 Å². The highest BCUT2D eigenvalue weighted by Gasteiger charge is 2.14. The van der Waals surface area contributed by atoms with Crippen LogP contribution in [0.25, 0.3) is 5.65 Å². The molecule has 17 heavy (non-hydrogen) atoms. The molecule has 0 fully saturated rings. The molecule has 2 heterocycles. The zero-order chi connectivity index (χ0) is 12.3. The van der Waals surface area contributed by atoms with Crippen molar-refractivity contribution in [2.45, 2.75) is 26.3 Å². The van der Waals surface area contributed by atoms with Crippen molar-refractivity contribution in [2.24, 2.45) is 5.92 Å². The summed E-state index contributed by atoms with van der Waals surface area (Å²) >= 11 is 0. The molecule has 1 atom stereocenters. The van der Waals surface area contributed by atoms with Gasteiger partial charge in [0.25, 0.3) is 0 Å². The monoisotopic (exact) mass is 234 g/mol. The van der Waals surface area contributed by atoms with Crippen molar-refractivity contribution < 1.29 is 5.11 Å². The van der Waals surface area contributed by atoms with Crippen molar-refractivity contribution in [3.63, 3.8) is 0 Å². The van der Waals surface area contributed by atoms with Gasteiger partial charge in [-0.15, -0.1) is 5.10 Å². The summed E-state index contributed by atoms with van der Waals surface area (Å²) < 4.78 is 1.73. The minimum atomic E-state index is 0.170. The Bertz CT molecular complexity index is 447. The number of nitrogens with zero attached hydrogens (tertiary/aromatic N) is 3. The van der Waals surface area contributed by atoms with Gasteiger partial charge in [0.15, 0.2) is 5.65 Å². The fraction of sp³-hybridized carbons (Fsp3) is 0.500. The number of nitrogens with one attached hydrogen (secondary N) is 1. The molecule has 2 aromatic heterocycles. The van der Waals surface area contributed by atoms with E-state index in [1.54, 1.807) is 4.52 Å². The summed E-state index contributed by atoms with van der Waals surface area (Å²) in [6, 6.07) is 5.95. The van der Waals surface area contributed by atoms with Gasteiger partial charge >= 0.3 is 0 Å². The van der Waals surface area contributed by atoms with Crippen LogP contribution < -0.4 is 5.32 Å². The number of hydrogen-bond donors (Lipinski definition) is 2. The Kier molecular flexibility index (Phi) is 3.58. The Morgan fingerprint density at radius 1 is 1.41 bits per heavy atom. The second kappa shape index (κ2) is 5.14. The van der Waals surface area contributed by atoms with E-state index in [4.69, 9.17) is 5.11 Å². The van der Waals surface area contributed by atoms with E-state index in [1.807, 2.05) is 24.4 Å². The molecular formula is C12H18N4O. The van der Waals surface area contributed by atoms with Gasteiger partial charge in [0, 0.05) is 18.8 Å². The molecule has 0 spiro atoms. The van der Waals surface area contributed by atoms with E-state index in [0.717, 1.165) is 5.65 Å². The van der Waals surface area contributed by atoms with Crippen molar-refractivity contribution in [2.75, 3.05) is 11.9 Å². The molecule has 0 saturated heterocycles. The molecule has 92 valence electrons. The summed E-state index contributed by atoms with van der Waals surface area (Å²) in [6.07, 6.45) is 2.57. The Labute approximate surface area is 100 Å². The topological polar surface area (TPSA) is 62.5 Å². The molecule has 0 aliphatic heterocycles. The van der Waals surface area contributed by atoms with Crippen LogP contribution in [-0.4, -0.2) is 32.4 Å². The zero-order valence-electron chi connectivity index (χ0n) is 10.2. The Hall–Kier alpha value is -1.62. The maximum atomic E-state index is 9.02. The van der Waals surface area contributed by atoms with Crippen molar-refractivity contribution in [1.82, 2.24) is 14.6 Å². The van der Waals surface area contributed by atoms with E-state index in [-0.39, 0.29) is 12.6 Å². The first kappa shape index (κ1) is 11.9. The molecule has 5 heteroatoms. The van der Waals surface area contributed by atoms with Crippen LogP contribution in [0, 0.1) is 5.92 Å². The molecule has 2 N–H and O–H groups in total. The number of rotatable bonds is 5. The molecule has 0 aromatic carbocycles. The summed E-state index contributed by atoms with van der Waals surface area (Å²) in [5.74, 6) is 1.04. The summed E-state index contributed by atoms with van der Waals surface area (Å²) in [5.41, 5.74) is 0.821. The number of pyridine rings is 1. The summed E-state index contributed by atoms with van der Waals surface area (Å²) in [5, 5.41) is 16.6. The maximum absolute atomic E-state index is 9.02. The molecule has 0 aliphatic rings. The second-order valence-electron chi connectivity index (χ2n) is 4.45. The Morgan fingerprint density at radius 3 is 2.88 bits per heavy atom. The van der Waals surface area contributed by atoms with Crippen LogP contribution in [0.3, 0.4) is 0 Å². The van der Waals surface area contributed by atoms with Crippen molar-refractivity contribution in [3.05, 3.63) is 24.4 Å². The molecular weight excluding hydrogens is 216 g/mol. The number of aromatic nitrogens is 3. The smallest absolute Gasteiger partial charge is 0.243 e. The van der Waals surface area contributed by atoms with Gasteiger partial charge in [-0.2, -0.15) is 4.98 Å².